The van der Waals surface area contributed by atoms with E-state index in [-0.39, 0.29) is 0 Å². The van der Waals surface area contributed by atoms with Crippen LogP contribution in [0.1, 0.15) is 12.8 Å². The van der Waals surface area contributed by atoms with Crippen LogP contribution in [0.5, 0.6) is 0 Å². The molecule has 1 aliphatic carbocycles. The topological polar surface area (TPSA) is 38.0 Å². The van der Waals surface area contributed by atoms with E-state index in [4.69, 9.17) is 5.73 Å². The zero-order valence-corrected chi connectivity index (χ0v) is 9.99. The molecule has 0 bridgehead atoms. The molecule has 0 radical (unpaired) electrons. The van der Waals surface area contributed by atoms with Crippen LogP contribution in [-0.4, -0.2) is 6.04 Å². The fourth-order valence-electron chi connectivity index (χ4n) is 1.60. The quantitative estimate of drug-likeness (QED) is 0.500. The molecule has 1 aliphatic rings. The van der Waals surface area contributed by atoms with Crippen molar-refractivity contribution in [3.63, 3.8) is 0 Å². The predicted molar refractivity (Wildman–Crippen MR) is 69.4 cm³/mol. The Hall–Kier alpha value is -0.710. The Bertz CT molecular complexity index is 352. The molecule has 0 saturated heterocycles. The smallest absolute Gasteiger partial charge is 0.0479 e. The van der Waals surface area contributed by atoms with Gasteiger partial charge in [0.25, 0.3) is 0 Å². The number of anilines is 2. The van der Waals surface area contributed by atoms with Crippen molar-refractivity contribution in [2.75, 3.05) is 11.1 Å². The molecule has 14 heavy (non-hydrogen) atoms. The van der Waals surface area contributed by atoms with Crippen molar-refractivity contribution in [3.05, 3.63) is 33.9 Å². The molecule has 3 heteroatoms. The van der Waals surface area contributed by atoms with Crippen molar-refractivity contribution in [3.8, 4) is 0 Å². The molecule has 3 N–H and O–H groups in total. The molecule has 0 amide bonds. The molecular weight excluding hydrogens is 287 g/mol. The van der Waals surface area contributed by atoms with Gasteiger partial charge in [-0.2, -0.15) is 0 Å². The van der Waals surface area contributed by atoms with E-state index in [0.717, 1.165) is 18.5 Å². The summed E-state index contributed by atoms with van der Waals surface area (Å²) in [6.07, 6.45) is 6.70. The highest BCUT2D eigenvalue weighted by Gasteiger charge is 2.10. The molecule has 2 nitrogen and oxygen atoms in total. The van der Waals surface area contributed by atoms with Crippen molar-refractivity contribution in [1.29, 1.82) is 0 Å². The van der Waals surface area contributed by atoms with E-state index in [1.54, 1.807) is 0 Å². The summed E-state index contributed by atoms with van der Waals surface area (Å²) in [6, 6.07) is 6.54. The van der Waals surface area contributed by atoms with Crippen LogP contribution in [0.4, 0.5) is 11.4 Å². The lowest BCUT2D eigenvalue weighted by Gasteiger charge is -2.15. The summed E-state index contributed by atoms with van der Waals surface area (Å²) in [6.45, 7) is 0. The molecule has 0 unspecified atom stereocenters. The zero-order chi connectivity index (χ0) is 9.97. The van der Waals surface area contributed by atoms with Gasteiger partial charge in [0.15, 0.2) is 0 Å². The Morgan fingerprint density at radius 2 is 2.00 bits per heavy atom. The molecule has 0 spiro atoms. The summed E-state index contributed by atoms with van der Waals surface area (Å²) in [5, 5.41) is 3.51. The van der Waals surface area contributed by atoms with Crippen LogP contribution < -0.4 is 11.1 Å². The third-order valence-corrected chi connectivity index (χ3v) is 3.25. The largest absolute Gasteiger partial charge is 0.399 e. The third-order valence-electron chi connectivity index (χ3n) is 2.36. The molecule has 0 atom stereocenters. The summed E-state index contributed by atoms with van der Waals surface area (Å²) in [7, 11) is 0. The van der Waals surface area contributed by atoms with Gasteiger partial charge in [-0.15, -0.1) is 0 Å². The maximum absolute atomic E-state index is 5.69. The molecule has 2 rings (SSSR count). The van der Waals surface area contributed by atoms with Gasteiger partial charge in [-0.05, 0) is 53.6 Å². The van der Waals surface area contributed by atoms with Crippen LogP contribution in [0.25, 0.3) is 0 Å². The highest BCUT2D eigenvalue weighted by atomic mass is 127. The van der Waals surface area contributed by atoms with E-state index in [1.165, 1.54) is 9.26 Å². The lowest BCUT2D eigenvalue weighted by atomic mass is 10.2. The first-order valence-corrected chi connectivity index (χ1v) is 5.80. The molecule has 0 saturated carbocycles. The van der Waals surface area contributed by atoms with Crippen LogP contribution in [0, 0.1) is 3.57 Å². The Balaban J connectivity index is 2.08. The fraction of sp³-hybridized carbons (Fsp3) is 0.273. The first-order valence-electron chi connectivity index (χ1n) is 4.72. The van der Waals surface area contributed by atoms with Gasteiger partial charge in [-0.25, -0.2) is 0 Å². The molecule has 0 heterocycles. The predicted octanol–water partition coefficient (Wildman–Crippen LogP) is 3.00. The average Bonchev–Trinajstić information content (AvgIpc) is 2.62. The summed E-state index contributed by atoms with van der Waals surface area (Å²) in [5.74, 6) is 0. The van der Waals surface area contributed by atoms with E-state index in [2.05, 4.69) is 46.1 Å². The van der Waals surface area contributed by atoms with Gasteiger partial charge in [0.2, 0.25) is 0 Å². The first-order chi connectivity index (χ1) is 6.75. The molecule has 0 aromatic heterocycles. The van der Waals surface area contributed by atoms with Crippen LogP contribution in [0.2, 0.25) is 0 Å². The number of nitrogens with one attached hydrogen (secondary N) is 1. The lowest BCUT2D eigenvalue weighted by Crippen LogP contribution is -2.15. The van der Waals surface area contributed by atoms with E-state index in [1.807, 2.05) is 12.1 Å². The summed E-state index contributed by atoms with van der Waals surface area (Å²) in [4.78, 5) is 0. The normalized spacial score (nSPS) is 16.1. The van der Waals surface area contributed by atoms with E-state index >= 15 is 0 Å². The fourth-order valence-corrected chi connectivity index (χ4v) is 2.30. The van der Waals surface area contributed by atoms with Crippen molar-refractivity contribution < 1.29 is 0 Å². The molecular formula is C11H13IN2. The van der Waals surface area contributed by atoms with Crippen molar-refractivity contribution in [2.24, 2.45) is 0 Å². The zero-order valence-electron chi connectivity index (χ0n) is 7.83. The molecule has 0 aliphatic heterocycles. The monoisotopic (exact) mass is 300 g/mol. The second kappa shape index (κ2) is 4.21. The second-order valence-electron chi connectivity index (χ2n) is 3.52. The van der Waals surface area contributed by atoms with Gasteiger partial charge in [0.1, 0.15) is 0 Å². The SMILES string of the molecule is Nc1ccc(NC2CC=CC2)c(I)c1. The van der Waals surface area contributed by atoms with Crippen molar-refractivity contribution in [1.82, 2.24) is 0 Å². The molecule has 0 fully saturated rings. The minimum absolute atomic E-state index is 0.562. The Labute approximate surface area is 97.7 Å². The molecule has 1 aromatic rings. The van der Waals surface area contributed by atoms with Crippen LogP contribution >= 0.6 is 22.6 Å². The van der Waals surface area contributed by atoms with Gasteiger partial charge in [0, 0.05) is 21.0 Å². The summed E-state index contributed by atoms with van der Waals surface area (Å²) >= 11 is 2.31. The van der Waals surface area contributed by atoms with Gasteiger partial charge < -0.3 is 11.1 Å². The minimum Gasteiger partial charge on any atom is -0.399 e. The van der Waals surface area contributed by atoms with Gasteiger partial charge >= 0.3 is 0 Å². The Kier molecular flexibility index (Phi) is 2.96. The van der Waals surface area contributed by atoms with Gasteiger partial charge in [-0.3, -0.25) is 0 Å². The maximum Gasteiger partial charge on any atom is 0.0479 e. The summed E-state index contributed by atoms with van der Waals surface area (Å²) < 4.78 is 1.19. The lowest BCUT2D eigenvalue weighted by molar-refractivity contribution is 0.786. The Morgan fingerprint density at radius 1 is 1.29 bits per heavy atom. The van der Waals surface area contributed by atoms with Gasteiger partial charge in [-0.1, -0.05) is 12.2 Å². The van der Waals surface area contributed by atoms with E-state index in [9.17, 15) is 0 Å². The van der Waals surface area contributed by atoms with Crippen molar-refractivity contribution in [2.45, 2.75) is 18.9 Å². The van der Waals surface area contributed by atoms with Crippen molar-refractivity contribution >= 4 is 34.0 Å². The van der Waals surface area contributed by atoms with Crippen LogP contribution in [0.15, 0.2) is 30.4 Å². The average molecular weight is 300 g/mol. The van der Waals surface area contributed by atoms with Crippen LogP contribution in [-0.2, 0) is 0 Å². The van der Waals surface area contributed by atoms with Crippen LogP contribution in [0.3, 0.4) is 0 Å². The minimum atomic E-state index is 0.562. The third kappa shape index (κ3) is 2.20. The number of nitrogen functional groups attached to an aromatic ring is 1. The number of hydrogen-bond donors (Lipinski definition) is 2. The maximum atomic E-state index is 5.69. The second-order valence-corrected chi connectivity index (χ2v) is 4.69. The number of hydrogen-bond acceptors (Lipinski definition) is 2. The number of halogens is 1. The van der Waals surface area contributed by atoms with Gasteiger partial charge in [0.05, 0.1) is 0 Å². The Morgan fingerprint density at radius 3 is 2.64 bits per heavy atom. The van der Waals surface area contributed by atoms with E-state index in [0.29, 0.717) is 6.04 Å². The summed E-state index contributed by atoms with van der Waals surface area (Å²) in [5.41, 5.74) is 7.70. The standard InChI is InChI=1S/C11H13IN2/c12-10-7-8(13)5-6-11(10)14-9-3-1-2-4-9/h1-2,5-7,9,14H,3-4,13H2. The number of nitrogens with two attached hydrogens (primary N) is 1. The molecule has 74 valence electrons. The highest BCUT2D eigenvalue weighted by Crippen LogP contribution is 2.24. The number of benzene rings is 1. The highest BCUT2D eigenvalue weighted by molar-refractivity contribution is 14.1. The van der Waals surface area contributed by atoms with E-state index < -0.39 is 0 Å². The first kappa shape index (κ1) is 9.83. The number of rotatable bonds is 2. The molecule has 1 aromatic carbocycles.